The summed E-state index contributed by atoms with van der Waals surface area (Å²) in [4.78, 5) is 15.1. The SMILES string of the molecule is Cc1cc(C)c2c(n1)sc1c2ncn2nc(-c3ccc(COc4cccc(C)c4C)o3)nc12. The van der Waals surface area contributed by atoms with Crippen LogP contribution in [0, 0.1) is 27.7 Å². The van der Waals surface area contributed by atoms with Gasteiger partial charge in [0.15, 0.2) is 11.4 Å². The van der Waals surface area contributed by atoms with Crippen molar-refractivity contribution < 1.29 is 9.15 Å². The molecule has 164 valence electrons. The van der Waals surface area contributed by atoms with Crippen molar-refractivity contribution in [2.24, 2.45) is 0 Å². The molecule has 0 unspecified atom stereocenters. The maximum absolute atomic E-state index is 6.00. The monoisotopic (exact) mass is 455 g/mol. The Morgan fingerprint density at radius 1 is 1.03 bits per heavy atom. The molecule has 6 aromatic rings. The Labute approximate surface area is 193 Å². The number of thiophene rings is 1. The van der Waals surface area contributed by atoms with Crippen LogP contribution in [0.15, 0.2) is 47.1 Å². The van der Waals surface area contributed by atoms with E-state index in [-0.39, 0.29) is 0 Å². The zero-order valence-corrected chi connectivity index (χ0v) is 19.5. The van der Waals surface area contributed by atoms with Gasteiger partial charge < -0.3 is 9.15 Å². The van der Waals surface area contributed by atoms with Crippen molar-refractivity contribution in [1.29, 1.82) is 0 Å². The molecule has 1 aromatic carbocycles. The van der Waals surface area contributed by atoms with Crippen molar-refractivity contribution in [2.75, 3.05) is 0 Å². The number of rotatable bonds is 4. The lowest BCUT2D eigenvalue weighted by molar-refractivity contribution is 0.270. The first-order valence-electron chi connectivity index (χ1n) is 10.7. The molecule has 0 atom stereocenters. The van der Waals surface area contributed by atoms with Crippen LogP contribution < -0.4 is 4.74 Å². The molecule has 0 fully saturated rings. The van der Waals surface area contributed by atoms with Crippen molar-refractivity contribution in [1.82, 2.24) is 24.6 Å². The number of aryl methyl sites for hydroxylation is 3. The van der Waals surface area contributed by atoms with Crippen LogP contribution in [0.25, 0.3) is 37.7 Å². The minimum absolute atomic E-state index is 0.337. The average molecular weight is 456 g/mol. The molecule has 0 spiro atoms. The molecule has 0 N–H and O–H groups in total. The predicted octanol–water partition coefficient (Wildman–Crippen LogP) is 5.96. The number of ether oxygens (including phenoxy) is 1. The summed E-state index contributed by atoms with van der Waals surface area (Å²) in [5, 5.41) is 5.68. The first-order chi connectivity index (χ1) is 16.0. The second-order valence-electron chi connectivity index (χ2n) is 8.24. The van der Waals surface area contributed by atoms with E-state index in [1.807, 2.05) is 31.2 Å². The Kier molecular flexibility index (Phi) is 4.45. The van der Waals surface area contributed by atoms with Crippen molar-refractivity contribution in [2.45, 2.75) is 34.3 Å². The van der Waals surface area contributed by atoms with Gasteiger partial charge in [0.05, 0.1) is 5.52 Å². The molecule has 5 aromatic heterocycles. The Bertz CT molecular complexity index is 1680. The van der Waals surface area contributed by atoms with E-state index in [1.54, 1.807) is 22.2 Å². The number of fused-ring (bicyclic) bond motifs is 5. The Morgan fingerprint density at radius 2 is 1.91 bits per heavy atom. The molecule has 0 amide bonds. The van der Waals surface area contributed by atoms with Crippen molar-refractivity contribution in [3.8, 4) is 17.3 Å². The van der Waals surface area contributed by atoms with Gasteiger partial charge in [0.2, 0.25) is 5.82 Å². The molecule has 0 aliphatic carbocycles. The standard InChI is InChI=1S/C25H21N5O2S/c1-13-6-5-7-18(16(13)4)31-11-17-8-9-19(32-17)23-28-24-22-21(26-12-30(24)29-23)20-14(2)10-15(3)27-25(20)33-22/h5-10,12H,11H2,1-4H3. The van der Waals surface area contributed by atoms with Crippen LogP contribution in [0.1, 0.15) is 28.1 Å². The summed E-state index contributed by atoms with van der Waals surface area (Å²) in [7, 11) is 0. The van der Waals surface area contributed by atoms with E-state index in [2.05, 4.69) is 43.0 Å². The third kappa shape index (κ3) is 3.25. The molecular formula is C25H21N5O2S. The second kappa shape index (κ2) is 7.38. The summed E-state index contributed by atoms with van der Waals surface area (Å²) in [6.07, 6.45) is 1.70. The van der Waals surface area contributed by atoms with Crippen LogP contribution in [0.3, 0.4) is 0 Å². The van der Waals surface area contributed by atoms with Crippen molar-refractivity contribution in [3.05, 3.63) is 70.9 Å². The van der Waals surface area contributed by atoms with E-state index >= 15 is 0 Å². The van der Waals surface area contributed by atoms with E-state index in [0.717, 1.165) is 43.1 Å². The summed E-state index contributed by atoms with van der Waals surface area (Å²) >= 11 is 1.59. The predicted molar refractivity (Wildman–Crippen MR) is 129 cm³/mol. The minimum Gasteiger partial charge on any atom is -0.485 e. The molecular weight excluding hydrogens is 434 g/mol. The normalized spacial score (nSPS) is 11.8. The largest absolute Gasteiger partial charge is 0.485 e. The average Bonchev–Trinajstić information content (AvgIpc) is 3.50. The van der Waals surface area contributed by atoms with Gasteiger partial charge in [0.25, 0.3) is 0 Å². The van der Waals surface area contributed by atoms with E-state index < -0.39 is 0 Å². The van der Waals surface area contributed by atoms with E-state index in [9.17, 15) is 0 Å². The number of furan rings is 1. The number of nitrogens with zero attached hydrogens (tertiary/aromatic N) is 5. The maximum Gasteiger partial charge on any atom is 0.218 e. The summed E-state index contributed by atoms with van der Waals surface area (Å²) in [6, 6.07) is 11.9. The van der Waals surface area contributed by atoms with Gasteiger partial charge in [-0.3, -0.25) is 0 Å². The molecule has 6 rings (SSSR count). The Balaban J connectivity index is 1.35. The minimum atomic E-state index is 0.337. The van der Waals surface area contributed by atoms with Crippen LogP contribution in [-0.2, 0) is 6.61 Å². The first-order valence-corrected chi connectivity index (χ1v) is 11.5. The van der Waals surface area contributed by atoms with Crippen molar-refractivity contribution >= 4 is 37.4 Å². The van der Waals surface area contributed by atoms with Crippen LogP contribution in [0.4, 0.5) is 0 Å². The Morgan fingerprint density at radius 3 is 2.79 bits per heavy atom. The molecule has 0 aliphatic heterocycles. The molecule has 7 nitrogen and oxygen atoms in total. The van der Waals surface area contributed by atoms with Gasteiger partial charge >= 0.3 is 0 Å². The summed E-state index contributed by atoms with van der Waals surface area (Å²) in [5.74, 6) is 2.68. The highest BCUT2D eigenvalue weighted by Gasteiger charge is 2.18. The van der Waals surface area contributed by atoms with Gasteiger partial charge in [0, 0.05) is 11.1 Å². The highest BCUT2D eigenvalue weighted by atomic mass is 32.1. The lowest BCUT2D eigenvalue weighted by atomic mass is 10.1. The van der Waals surface area contributed by atoms with E-state index in [4.69, 9.17) is 19.1 Å². The highest BCUT2D eigenvalue weighted by Crippen LogP contribution is 2.36. The fraction of sp³-hybridized carbons (Fsp3) is 0.200. The molecule has 33 heavy (non-hydrogen) atoms. The lowest BCUT2D eigenvalue weighted by Gasteiger charge is -2.09. The number of benzene rings is 1. The van der Waals surface area contributed by atoms with Crippen LogP contribution >= 0.6 is 11.3 Å². The van der Waals surface area contributed by atoms with Gasteiger partial charge in [0.1, 0.15) is 34.0 Å². The van der Waals surface area contributed by atoms with Crippen LogP contribution in [0.2, 0.25) is 0 Å². The summed E-state index contributed by atoms with van der Waals surface area (Å²) in [6.45, 7) is 8.57. The van der Waals surface area contributed by atoms with Gasteiger partial charge in [-0.1, -0.05) is 12.1 Å². The first kappa shape index (κ1) is 19.9. The summed E-state index contributed by atoms with van der Waals surface area (Å²) in [5.41, 5.74) is 6.15. The molecule has 0 saturated carbocycles. The fourth-order valence-electron chi connectivity index (χ4n) is 4.08. The summed E-state index contributed by atoms with van der Waals surface area (Å²) < 4.78 is 14.6. The number of aromatic nitrogens is 5. The van der Waals surface area contributed by atoms with Gasteiger partial charge in [-0.25, -0.2) is 19.5 Å². The lowest BCUT2D eigenvalue weighted by Crippen LogP contribution is -1.96. The molecule has 0 aliphatic rings. The van der Waals surface area contributed by atoms with Crippen molar-refractivity contribution in [3.63, 3.8) is 0 Å². The van der Waals surface area contributed by atoms with Crippen LogP contribution in [-0.4, -0.2) is 24.6 Å². The molecule has 0 saturated heterocycles. The van der Waals surface area contributed by atoms with Gasteiger partial charge in [-0.05, 0) is 68.7 Å². The maximum atomic E-state index is 6.00. The number of pyridine rings is 1. The van der Waals surface area contributed by atoms with Gasteiger partial charge in [-0.15, -0.1) is 16.4 Å². The molecule has 8 heteroatoms. The zero-order valence-electron chi connectivity index (χ0n) is 18.7. The molecule has 0 radical (unpaired) electrons. The third-order valence-corrected chi connectivity index (χ3v) is 6.97. The topological polar surface area (TPSA) is 78.3 Å². The molecule has 0 bridgehead atoms. The fourth-order valence-corrected chi connectivity index (χ4v) is 5.30. The molecule has 5 heterocycles. The highest BCUT2D eigenvalue weighted by molar-refractivity contribution is 7.26. The van der Waals surface area contributed by atoms with Crippen LogP contribution in [0.5, 0.6) is 5.75 Å². The quantitative estimate of drug-likeness (QED) is 0.326. The number of hydrogen-bond acceptors (Lipinski definition) is 7. The zero-order chi connectivity index (χ0) is 22.7. The van der Waals surface area contributed by atoms with Gasteiger partial charge in [-0.2, -0.15) is 0 Å². The van der Waals surface area contributed by atoms with E-state index in [0.29, 0.717) is 24.0 Å². The smallest absolute Gasteiger partial charge is 0.218 e. The number of hydrogen-bond donors (Lipinski definition) is 0. The Hall–Kier alpha value is -3.78. The van der Waals surface area contributed by atoms with E-state index in [1.165, 1.54) is 11.1 Å². The third-order valence-electron chi connectivity index (χ3n) is 5.90. The second-order valence-corrected chi connectivity index (χ2v) is 9.24.